The average Bonchev–Trinajstić information content (AvgIpc) is 3.10. The molecule has 188 valence electrons. The van der Waals surface area contributed by atoms with Crippen LogP contribution in [-0.2, 0) is 24.5 Å². The highest BCUT2D eigenvalue weighted by Gasteiger charge is 2.33. The van der Waals surface area contributed by atoms with Crippen molar-refractivity contribution in [2.75, 3.05) is 6.61 Å². The molecule has 0 fully saturated rings. The van der Waals surface area contributed by atoms with Crippen LogP contribution < -0.4 is 16.1 Å². The molecule has 0 radical (unpaired) electrons. The lowest BCUT2D eigenvalue weighted by molar-refractivity contribution is -0.138. The molecule has 0 aliphatic heterocycles. The third kappa shape index (κ3) is 4.39. The van der Waals surface area contributed by atoms with E-state index in [1.54, 1.807) is 32.2 Å². The van der Waals surface area contributed by atoms with Crippen LogP contribution in [0.4, 0.5) is 13.2 Å². The van der Waals surface area contributed by atoms with Gasteiger partial charge in [-0.1, -0.05) is 23.5 Å². The number of aryl methyl sites for hydroxylation is 1. The first-order valence-corrected chi connectivity index (χ1v) is 11.5. The van der Waals surface area contributed by atoms with Crippen LogP contribution >= 0.6 is 11.3 Å². The summed E-state index contributed by atoms with van der Waals surface area (Å²) in [5, 5.41) is 0. The van der Waals surface area contributed by atoms with E-state index in [0.29, 0.717) is 14.8 Å². The molecule has 2 aromatic heterocycles. The predicted octanol–water partition coefficient (Wildman–Crippen LogP) is 3.46. The van der Waals surface area contributed by atoms with Crippen LogP contribution in [0, 0.1) is 6.92 Å². The molecule has 2 heterocycles. The smallest absolute Gasteiger partial charge is 0.416 e. The Morgan fingerprint density at radius 2 is 1.83 bits per heavy atom. The van der Waals surface area contributed by atoms with Gasteiger partial charge in [-0.15, -0.1) is 0 Å². The molecule has 0 bridgehead atoms. The molecule has 4 aromatic rings. The number of halogens is 3. The van der Waals surface area contributed by atoms with Crippen LogP contribution in [-0.4, -0.2) is 26.3 Å². The Bertz CT molecular complexity index is 1680. The number of esters is 1. The summed E-state index contributed by atoms with van der Waals surface area (Å²) in [7, 11) is 1.56. The highest BCUT2D eigenvalue weighted by Crippen LogP contribution is 2.33. The molecule has 0 saturated carbocycles. The van der Waals surface area contributed by atoms with Crippen molar-refractivity contribution in [2.45, 2.75) is 26.6 Å². The van der Waals surface area contributed by atoms with E-state index in [0.717, 1.165) is 28.2 Å². The SMILES string of the molecule is CCOC(=O)c1cn(-c2ccc3sc(=O)n(C)c3c2)c(=O)n(Cc2cccc(C(F)(F)F)c2C)c1=O. The number of hydrogen-bond acceptors (Lipinski definition) is 6. The van der Waals surface area contributed by atoms with Crippen molar-refractivity contribution in [3.05, 3.63) is 95.4 Å². The van der Waals surface area contributed by atoms with Crippen LogP contribution in [0.15, 0.2) is 57.0 Å². The molecular weight excluding hydrogens is 499 g/mol. The fraction of sp³-hybridized carbons (Fsp3) is 0.250. The van der Waals surface area contributed by atoms with Crippen molar-refractivity contribution in [3.63, 3.8) is 0 Å². The second-order valence-electron chi connectivity index (χ2n) is 7.97. The molecule has 2 aromatic carbocycles. The number of ether oxygens (including phenoxy) is 1. The molecule has 0 spiro atoms. The molecule has 0 atom stereocenters. The van der Waals surface area contributed by atoms with Crippen LogP contribution in [0.25, 0.3) is 15.9 Å². The number of carbonyl (C=O) groups excluding carboxylic acids is 1. The minimum atomic E-state index is -4.62. The Morgan fingerprint density at radius 3 is 2.50 bits per heavy atom. The van der Waals surface area contributed by atoms with Crippen LogP contribution in [0.2, 0.25) is 0 Å². The lowest BCUT2D eigenvalue weighted by Crippen LogP contribution is -2.42. The fourth-order valence-electron chi connectivity index (χ4n) is 3.87. The van der Waals surface area contributed by atoms with Gasteiger partial charge >= 0.3 is 22.7 Å². The number of nitrogens with zero attached hydrogens (tertiary/aromatic N) is 3. The second-order valence-corrected chi connectivity index (χ2v) is 8.97. The van der Waals surface area contributed by atoms with Crippen molar-refractivity contribution < 1.29 is 22.7 Å². The van der Waals surface area contributed by atoms with Crippen molar-refractivity contribution in [3.8, 4) is 5.69 Å². The summed E-state index contributed by atoms with van der Waals surface area (Å²) in [5.41, 5.74) is -2.48. The average molecular weight is 520 g/mol. The van der Waals surface area contributed by atoms with Gasteiger partial charge in [-0.25, -0.2) is 9.59 Å². The summed E-state index contributed by atoms with van der Waals surface area (Å²) in [4.78, 5) is 50.9. The summed E-state index contributed by atoms with van der Waals surface area (Å²) >= 11 is 1.01. The van der Waals surface area contributed by atoms with E-state index in [4.69, 9.17) is 4.74 Å². The van der Waals surface area contributed by atoms with E-state index < -0.39 is 41.1 Å². The number of fused-ring (bicyclic) bond motifs is 1. The number of alkyl halides is 3. The molecule has 0 aliphatic carbocycles. The highest BCUT2D eigenvalue weighted by molar-refractivity contribution is 7.16. The zero-order chi connectivity index (χ0) is 26.4. The predicted molar refractivity (Wildman–Crippen MR) is 128 cm³/mol. The number of rotatable bonds is 5. The molecule has 0 aliphatic rings. The van der Waals surface area contributed by atoms with Gasteiger partial charge in [0.1, 0.15) is 5.56 Å². The normalized spacial score (nSPS) is 11.7. The maximum atomic E-state index is 13.4. The molecule has 0 unspecified atom stereocenters. The molecule has 36 heavy (non-hydrogen) atoms. The van der Waals surface area contributed by atoms with Crippen molar-refractivity contribution >= 4 is 27.5 Å². The third-order valence-electron chi connectivity index (χ3n) is 5.80. The second kappa shape index (κ2) is 9.26. The van der Waals surface area contributed by atoms with E-state index in [-0.39, 0.29) is 28.3 Å². The largest absolute Gasteiger partial charge is 0.462 e. The Hall–Kier alpha value is -3.93. The van der Waals surface area contributed by atoms with Crippen molar-refractivity contribution in [2.24, 2.45) is 7.05 Å². The van der Waals surface area contributed by atoms with E-state index in [1.165, 1.54) is 23.6 Å². The summed E-state index contributed by atoms with van der Waals surface area (Å²) in [5.74, 6) is -0.977. The third-order valence-corrected chi connectivity index (χ3v) is 6.81. The van der Waals surface area contributed by atoms with Gasteiger partial charge in [0.2, 0.25) is 0 Å². The summed E-state index contributed by atoms with van der Waals surface area (Å²) < 4.78 is 49.0. The van der Waals surface area contributed by atoms with E-state index >= 15 is 0 Å². The first-order chi connectivity index (χ1) is 16.9. The number of thiazole rings is 1. The summed E-state index contributed by atoms with van der Waals surface area (Å²) in [6, 6.07) is 8.20. The lowest BCUT2D eigenvalue weighted by Gasteiger charge is -2.16. The standard InChI is InChI=1S/C24H20F3N3O5S/c1-4-35-21(32)16-12-29(15-8-9-19-18(10-15)28(3)23(34)36-19)22(33)30(20(16)31)11-14-6-5-7-17(13(14)2)24(25,26)27/h5-10,12H,4,11H2,1-3H3. The molecule has 0 N–H and O–H groups in total. The van der Waals surface area contributed by atoms with Crippen LogP contribution in [0.1, 0.15) is 34.0 Å². The molecule has 12 heteroatoms. The van der Waals surface area contributed by atoms with Gasteiger partial charge in [-0.2, -0.15) is 13.2 Å². The molecule has 0 saturated heterocycles. The van der Waals surface area contributed by atoms with Gasteiger partial charge in [-0.05, 0) is 49.2 Å². The zero-order valence-corrected chi connectivity index (χ0v) is 20.2. The summed E-state index contributed by atoms with van der Waals surface area (Å²) in [6.07, 6.45) is -3.58. The monoisotopic (exact) mass is 519 g/mol. The molecule has 4 rings (SSSR count). The van der Waals surface area contributed by atoms with Crippen LogP contribution in [0.3, 0.4) is 0 Å². The Kier molecular flexibility index (Phi) is 6.48. The minimum Gasteiger partial charge on any atom is -0.462 e. The molecule has 8 nitrogen and oxygen atoms in total. The van der Waals surface area contributed by atoms with Gasteiger partial charge in [0.15, 0.2) is 0 Å². The quantitative estimate of drug-likeness (QED) is 0.377. The number of hydrogen-bond donors (Lipinski definition) is 0. The topological polar surface area (TPSA) is 92.3 Å². The lowest BCUT2D eigenvalue weighted by atomic mass is 10.0. The van der Waals surface area contributed by atoms with E-state index in [1.807, 2.05) is 0 Å². The van der Waals surface area contributed by atoms with E-state index in [2.05, 4.69) is 0 Å². The van der Waals surface area contributed by atoms with Gasteiger partial charge < -0.3 is 9.30 Å². The van der Waals surface area contributed by atoms with E-state index in [9.17, 15) is 32.3 Å². The van der Waals surface area contributed by atoms with Gasteiger partial charge in [0.25, 0.3) is 5.56 Å². The number of benzene rings is 2. The van der Waals surface area contributed by atoms with Gasteiger partial charge in [-0.3, -0.25) is 18.7 Å². The Morgan fingerprint density at radius 1 is 1.11 bits per heavy atom. The first kappa shape index (κ1) is 25.2. The Labute approximate surface area is 205 Å². The Balaban J connectivity index is 1.96. The number of carbonyl (C=O) groups is 1. The van der Waals surface area contributed by atoms with Gasteiger partial charge in [0, 0.05) is 13.2 Å². The zero-order valence-electron chi connectivity index (χ0n) is 19.4. The van der Waals surface area contributed by atoms with Gasteiger partial charge in [0.05, 0.1) is 34.6 Å². The first-order valence-electron chi connectivity index (χ1n) is 10.7. The fourth-order valence-corrected chi connectivity index (χ4v) is 4.73. The highest BCUT2D eigenvalue weighted by atomic mass is 32.1. The maximum absolute atomic E-state index is 13.4. The maximum Gasteiger partial charge on any atom is 0.416 e. The minimum absolute atomic E-state index is 0.0346. The van der Waals surface area contributed by atoms with Crippen molar-refractivity contribution in [1.29, 1.82) is 0 Å². The number of aromatic nitrogens is 3. The van der Waals surface area contributed by atoms with Crippen LogP contribution in [0.5, 0.6) is 0 Å². The summed E-state index contributed by atoms with van der Waals surface area (Å²) in [6.45, 7) is 2.26. The molecular formula is C24H20F3N3O5S. The molecule has 0 amide bonds. The van der Waals surface area contributed by atoms with Crippen molar-refractivity contribution in [1.82, 2.24) is 13.7 Å².